The minimum Gasteiger partial charge on any atom is -0.496 e. The molecular formula is C20H13N3O2S. The SMILES string of the molecule is COc1ccccc1/C=c1\sc(=C(C#N)C#N)n(-c2ccccc2)c1=O. The summed E-state index contributed by atoms with van der Waals surface area (Å²) in [6.45, 7) is 0. The number of para-hydroxylation sites is 2. The molecule has 1 aromatic heterocycles. The molecule has 3 rings (SSSR count). The van der Waals surface area contributed by atoms with Crippen molar-refractivity contribution in [1.82, 2.24) is 4.57 Å². The van der Waals surface area contributed by atoms with Crippen molar-refractivity contribution < 1.29 is 4.74 Å². The van der Waals surface area contributed by atoms with E-state index in [4.69, 9.17) is 4.74 Å². The summed E-state index contributed by atoms with van der Waals surface area (Å²) in [5.74, 6) is 0.637. The molecule has 0 atom stereocenters. The van der Waals surface area contributed by atoms with Crippen molar-refractivity contribution >= 4 is 23.0 Å². The van der Waals surface area contributed by atoms with Crippen LogP contribution in [-0.2, 0) is 0 Å². The first-order chi connectivity index (χ1) is 12.7. The van der Waals surface area contributed by atoms with Gasteiger partial charge in [0.05, 0.1) is 17.3 Å². The smallest absolute Gasteiger partial charge is 0.273 e. The average Bonchev–Trinajstić information content (AvgIpc) is 3.00. The second-order valence-corrected chi connectivity index (χ2v) is 6.26. The van der Waals surface area contributed by atoms with Crippen LogP contribution in [0.2, 0.25) is 0 Å². The van der Waals surface area contributed by atoms with Gasteiger partial charge in [-0.1, -0.05) is 36.4 Å². The van der Waals surface area contributed by atoms with Crippen LogP contribution >= 0.6 is 11.3 Å². The Morgan fingerprint density at radius 1 is 1.08 bits per heavy atom. The molecular weight excluding hydrogens is 346 g/mol. The zero-order chi connectivity index (χ0) is 18.5. The summed E-state index contributed by atoms with van der Waals surface area (Å²) in [4.78, 5) is 13.0. The van der Waals surface area contributed by atoms with Gasteiger partial charge in [-0.3, -0.25) is 9.36 Å². The van der Waals surface area contributed by atoms with Crippen LogP contribution in [0.5, 0.6) is 5.75 Å². The summed E-state index contributed by atoms with van der Waals surface area (Å²) >= 11 is 1.11. The topological polar surface area (TPSA) is 78.8 Å². The third-order valence-electron chi connectivity index (χ3n) is 3.70. The molecule has 0 radical (unpaired) electrons. The molecule has 0 unspecified atom stereocenters. The Kier molecular flexibility index (Phi) is 4.98. The molecule has 0 bridgehead atoms. The van der Waals surface area contributed by atoms with Gasteiger partial charge in [-0.2, -0.15) is 10.5 Å². The van der Waals surface area contributed by atoms with Gasteiger partial charge in [0.1, 0.15) is 22.6 Å². The molecule has 126 valence electrons. The fourth-order valence-corrected chi connectivity index (χ4v) is 3.55. The number of rotatable bonds is 3. The predicted molar refractivity (Wildman–Crippen MR) is 100 cm³/mol. The Morgan fingerprint density at radius 3 is 2.38 bits per heavy atom. The maximum Gasteiger partial charge on any atom is 0.273 e. The zero-order valence-corrected chi connectivity index (χ0v) is 14.7. The first-order valence-electron chi connectivity index (χ1n) is 7.66. The van der Waals surface area contributed by atoms with E-state index in [0.717, 1.165) is 16.9 Å². The summed E-state index contributed by atoms with van der Waals surface area (Å²) in [5.41, 5.74) is 0.961. The standard InChI is InChI=1S/C20H13N3O2S/c1-25-17-10-6-5-7-14(17)11-18-19(24)23(16-8-3-2-4-9-16)20(26-18)15(12-21)13-22/h2-11H,1H3/b18-11-. The van der Waals surface area contributed by atoms with Gasteiger partial charge in [-0.05, 0) is 24.3 Å². The van der Waals surface area contributed by atoms with Crippen LogP contribution in [0.4, 0.5) is 0 Å². The third kappa shape index (κ3) is 3.14. The van der Waals surface area contributed by atoms with Crippen LogP contribution in [0.15, 0.2) is 59.4 Å². The normalized spacial score (nSPS) is 10.8. The molecule has 1 heterocycles. The van der Waals surface area contributed by atoms with E-state index in [2.05, 4.69) is 0 Å². The quantitative estimate of drug-likeness (QED) is 0.716. The molecule has 0 spiro atoms. The fourth-order valence-electron chi connectivity index (χ4n) is 2.51. The second kappa shape index (κ2) is 7.52. The maximum absolute atomic E-state index is 13.0. The summed E-state index contributed by atoms with van der Waals surface area (Å²) < 4.78 is 7.45. The molecule has 2 aromatic carbocycles. The Labute approximate surface area is 153 Å². The maximum atomic E-state index is 13.0. The van der Waals surface area contributed by atoms with Gasteiger partial charge < -0.3 is 4.74 Å². The molecule has 0 N–H and O–H groups in total. The highest BCUT2D eigenvalue weighted by molar-refractivity contribution is 7.07. The Balaban J connectivity index is 2.41. The van der Waals surface area contributed by atoms with E-state index in [-0.39, 0.29) is 11.1 Å². The van der Waals surface area contributed by atoms with Gasteiger partial charge in [0.15, 0.2) is 5.57 Å². The van der Waals surface area contributed by atoms with E-state index < -0.39 is 0 Å². The van der Waals surface area contributed by atoms with Crippen LogP contribution in [0.1, 0.15) is 5.56 Å². The number of nitrogens with zero attached hydrogens (tertiary/aromatic N) is 3. The van der Waals surface area contributed by atoms with Crippen molar-refractivity contribution in [1.29, 1.82) is 10.5 Å². The summed E-state index contributed by atoms with van der Waals surface area (Å²) in [6.07, 6.45) is 1.71. The first kappa shape index (κ1) is 17.2. The van der Waals surface area contributed by atoms with Crippen LogP contribution in [-0.4, -0.2) is 11.7 Å². The van der Waals surface area contributed by atoms with Crippen LogP contribution in [0, 0.1) is 22.7 Å². The van der Waals surface area contributed by atoms with Crippen molar-refractivity contribution in [2.45, 2.75) is 0 Å². The first-order valence-corrected chi connectivity index (χ1v) is 8.47. The van der Waals surface area contributed by atoms with Gasteiger partial charge >= 0.3 is 0 Å². The highest BCUT2D eigenvalue weighted by atomic mass is 32.1. The highest BCUT2D eigenvalue weighted by Crippen LogP contribution is 2.17. The molecule has 0 amide bonds. The molecule has 3 aromatic rings. The minimum absolute atomic E-state index is 0.101. The van der Waals surface area contributed by atoms with E-state index in [1.165, 1.54) is 4.57 Å². The van der Waals surface area contributed by atoms with Gasteiger partial charge in [-0.15, -0.1) is 11.3 Å². The van der Waals surface area contributed by atoms with Crippen molar-refractivity contribution in [2.75, 3.05) is 7.11 Å². The number of hydrogen-bond acceptors (Lipinski definition) is 5. The molecule has 0 saturated heterocycles. The Hall–Kier alpha value is -3.61. The average molecular weight is 359 g/mol. The monoisotopic (exact) mass is 359 g/mol. The van der Waals surface area contributed by atoms with Crippen molar-refractivity contribution in [3.05, 3.63) is 79.7 Å². The number of benzene rings is 2. The summed E-state index contributed by atoms with van der Waals surface area (Å²) in [7, 11) is 1.56. The Bertz CT molecular complexity index is 1190. The summed E-state index contributed by atoms with van der Waals surface area (Å²) in [6, 6.07) is 20.0. The summed E-state index contributed by atoms with van der Waals surface area (Å²) in [5, 5.41) is 18.5. The van der Waals surface area contributed by atoms with Crippen molar-refractivity contribution in [3.63, 3.8) is 0 Å². The fraction of sp³-hybridized carbons (Fsp3) is 0.0500. The highest BCUT2D eigenvalue weighted by Gasteiger charge is 2.11. The molecule has 0 aliphatic heterocycles. The molecule has 0 aliphatic rings. The minimum atomic E-state index is -0.287. The Morgan fingerprint density at radius 2 is 1.73 bits per heavy atom. The van der Waals surface area contributed by atoms with Crippen LogP contribution in [0.25, 0.3) is 17.3 Å². The van der Waals surface area contributed by atoms with Crippen LogP contribution < -0.4 is 19.5 Å². The molecule has 6 heteroatoms. The number of hydrogen-bond donors (Lipinski definition) is 0. The number of nitriles is 2. The molecule has 0 saturated carbocycles. The molecule has 5 nitrogen and oxygen atoms in total. The van der Waals surface area contributed by atoms with Gasteiger partial charge in [-0.25, -0.2) is 0 Å². The zero-order valence-electron chi connectivity index (χ0n) is 13.8. The van der Waals surface area contributed by atoms with Gasteiger partial charge in [0.25, 0.3) is 5.56 Å². The van der Waals surface area contributed by atoms with E-state index in [1.54, 1.807) is 43.5 Å². The van der Waals surface area contributed by atoms with E-state index in [1.807, 2.05) is 36.4 Å². The van der Waals surface area contributed by atoms with Gasteiger partial charge in [0.2, 0.25) is 0 Å². The predicted octanol–water partition coefficient (Wildman–Crippen LogP) is 1.93. The lowest BCUT2D eigenvalue weighted by Crippen LogP contribution is -2.30. The number of thiazole rings is 1. The largest absolute Gasteiger partial charge is 0.496 e. The molecule has 26 heavy (non-hydrogen) atoms. The lowest BCUT2D eigenvalue weighted by atomic mass is 10.2. The number of ether oxygens (including phenoxy) is 1. The van der Waals surface area contributed by atoms with E-state index in [9.17, 15) is 15.3 Å². The van der Waals surface area contributed by atoms with Crippen molar-refractivity contribution in [2.24, 2.45) is 0 Å². The number of aromatic nitrogens is 1. The lowest BCUT2D eigenvalue weighted by molar-refractivity contribution is 0.414. The molecule has 0 aliphatic carbocycles. The second-order valence-electron chi connectivity index (χ2n) is 5.23. The number of methoxy groups -OCH3 is 1. The van der Waals surface area contributed by atoms with E-state index in [0.29, 0.717) is 20.6 Å². The molecule has 0 fully saturated rings. The van der Waals surface area contributed by atoms with Gasteiger partial charge in [0, 0.05) is 5.56 Å². The van der Waals surface area contributed by atoms with Crippen molar-refractivity contribution in [3.8, 4) is 23.6 Å². The lowest BCUT2D eigenvalue weighted by Gasteiger charge is -2.02. The third-order valence-corrected chi connectivity index (χ3v) is 4.79. The van der Waals surface area contributed by atoms with E-state index >= 15 is 0 Å². The van der Waals surface area contributed by atoms with Crippen LogP contribution in [0.3, 0.4) is 0 Å².